The first kappa shape index (κ1) is 33.2. The Balaban J connectivity index is 1.46. The number of ether oxygens (including phenoxy) is 1. The molecule has 10 heteroatoms. The van der Waals surface area contributed by atoms with E-state index in [0.29, 0.717) is 34.5 Å². The van der Waals surface area contributed by atoms with Crippen LogP contribution in [0.3, 0.4) is 0 Å². The van der Waals surface area contributed by atoms with Crippen molar-refractivity contribution in [1.29, 1.82) is 0 Å². The zero-order chi connectivity index (χ0) is 32.8. The molecule has 2 amide bonds. The SMILES string of the molecule is CNC(=O)c1cc(-c2cccc(CN3O[C@@H](CO)[C@@H]([C@H](C)O)C3C(=O)N[C@H]3C[C@H]4C[C@@H]([C@@H]3C)C4(C)C)c2OC)cc(N(C)C)c1. The number of hydrogen-bond donors (Lipinski definition) is 4. The number of nitrogens with zero attached hydrogens (tertiary/aromatic N) is 2. The summed E-state index contributed by atoms with van der Waals surface area (Å²) in [6, 6.07) is 10.7. The van der Waals surface area contributed by atoms with E-state index in [9.17, 15) is 19.8 Å². The summed E-state index contributed by atoms with van der Waals surface area (Å²) < 4.78 is 5.97. The highest BCUT2D eigenvalue weighted by Gasteiger charge is 2.57. The molecular formula is C35H50N4O6. The van der Waals surface area contributed by atoms with Crippen molar-refractivity contribution in [3.05, 3.63) is 47.5 Å². The molecule has 3 aliphatic carbocycles. The fraction of sp³-hybridized carbons (Fsp3) is 0.600. The van der Waals surface area contributed by atoms with Crippen molar-refractivity contribution in [2.75, 3.05) is 39.8 Å². The monoisotopic (exact) mass is 622 g/mol. The number of benzene rings is 2. The third-order valence-electron chi connectivity index (χ3n) is 10.9. The van der Waals surface area contributed by atoms with Crippen LogP contribution in [0.15, 0.2) is 36.4 Å². The predicted octanol–water partition coefficient (Wildman–Crippen LogP) is 3.45. The number of methoxy groups -OCH3 is 1. The molecule has 1 heterocycles. The van der Waals surface area contributed by atoms with Gasteiger partial charge in [-0.25, -0.2) is 0 Å². The Bertz CT molecular complexity index is 1410. The van der Waals surface area contributed by atoms with Gasteiger partial charge < -0.3 is 30.5 Å². The number of para-hydroxylation sites is 1. The van der Waals surface area contributed by atoms with Crippen LogP contribution < -0.4 is 20.3 Å². The minimum atomic E-state index is -0.885. The second-order valence-electron chi connectivity index (χ2n) is 14.0. The number of aliphatic hydroxyl groups excluding tert-OH is 2. The van der Waals surface area contributed by atoms with Gasteiger partial charge in [0.1, 0.15) is 17.9 Å². The average Bonchev–Trinajstić information content (AvgIpc) is 3.39. The highest BCUT2D eigenvalue weighted by Crippen LogP contribution is 2.61. The molecular weight excluding hydrogens is 572 g/mol. The first-order valence-corrected chi connectivity index (χ1v) is 16.1. The van der Waals surface area contributed by atoms with Crippen LogP contribution in [0.4, 0.5) is 5.69 Å². The van der Waals surface area contributed by atoms with Crippen LogP contribution >= 0.6 is 0 Å². The third-order valence-corrected chi connectivity index (χ3v) is 10.9. The second kappa shape index (κ2) is 12.9. The van der Waals surface area contributed by atoms with Crippen LogP contribution in [0.25, 0.3) is 11.1 Å². The minimum absolute atomic E-state index is 0.0512. The number of hydroxylamine groups is 2. The Morgan fingerprint density at radius 1 is 1.20 bits per heavy atom. The van der Waals surface area contributed by atoms with Gasteiger partial charge in [0.2, 0.25) is 5.91 Å². The van der Waals surface area contributed by atoms with Crippen molar-refractivity contribution in [3.63, 3.8) is 0 Å². The molecule has 4 N–H and O–H groups in total. The Morgan fingerprint density at radius 2 is 1.93 bits per heavy atom. The van der Waals surface area contributed by atoms with Crippen LogP contribution in [-0.2, 0) is 16.2 Å². The van der Waals surface area contributed by atoms with Gasteiger partial charge in [-0.1, -0.05) is 39.0 Å². The maximum Gasteiger partial charge on any atom is 0.251 e. The van der Waals surface area contributed by atoms with Crippen molar-refractivity contribution in [2.24, 2.45) is 29.1 Å². The Labute approximate surface area is 267 Å². The minimum Gasteiger partial charge on any atom is -0.496 e. The number of carbonyl (C=O) groups excluding carboxylic acids is 2. The fourth-order valence-corrected chi connectivity index (χ4v) is 8.13. The summed E-state index contributed by atoms with van der Waals surface area (Å²) in [4.78, 5) is 34.9. The standard InChI is InChI=1S/C35H50N4O6/c1-19-27-15-24(35(27,3)4)16-28(19)37-34(43)31-30(20(2)41)29(18-40)45-39(31)17-21-10-9-11-26(32(21)44-8)22-12-23(33(42)36-5)14-25(13-22)38(6)7/h9-14,19-20,24,27-31,40-41H,15-18H2,1-8H3,(H,36,42)(H,37,43)/t19-,20-,24+,27-,28-,29-,30+,31?/m0/s1. The van der Waals surface area contributed by atoms with E-state index >= 15 is 0 Å². The summed E-state index contributed by atoms with van der Waals surface area (Å²) in [6.45, 7) is 8.40. The van der Waals surface area contributed by atoms with E-state index in [2.05, 4.69) is 31.4 Å². The van der Waals surface area contributed by atoms with Gasteiger partial charge in [0.15, 0.2) is 0 Å². The lowest BCUT2D eigenvalue weighted by Crippen LogP contribution is -2.62. The summed E-state index contributed by atoms with van der Waals surface area (Å²) in [5, 5.41) is 28.7. The maximum atomic E-state index is 14.1. The van der Waals surface area contributed by atoms with Crippen molar-refractivity contribution in [2.45, 2.75) is 71.4 Å². The number of nitrogens with one attached hydrogen (secondary N) is 2. The summed E-state index contributed by atoms with van der Waals surface area (Å²) in [7, 11) is 7.04. The second-order valence-corrected chi connectivity index (χ2v) is 14.0. The van der Waals surface area contributed by atoms with Crippen molar-refractivity contribution >= 4 is 17.5 Å². The summed E-state index contributed by atoms with van der Waals surface area (Å²) in [5.41, 5.74) is 4.03. The summed E-state index contributed by atoms with van der Waals surface area (Å²) in [6.07, 6.45) is 0.523. The molecule has 4 aliphatic rings. The number of anilines is 1. The van der Waals surface area contributed by atoms with E-state index in [0.717, 1.165) is 28.8 Å². The molecule has 0 spiro atoms. The summed E-state index contributed by atoms with van der Waals surface area (Å²) >= 11 is 0. The molecule has 2 bridgehead atoms. The topological polar surface area (TPSA) is 124 Å². The number of carbonyl (C=O) groups is 2. The van der Waals surface area contributed by atoms with Crippen molar-refractivity contribution in [1.82, 2.24) is 15.7 Å². The van der Waals surface area contributed by atoms with E-state index in [4.69, 9.17) is 9.57 Å². The molecule has 3 saturated carbocycles. The van der Waals surface area contributed by atoms with Crippen LogP contribution in [0.2, 0.25) is 0 Å². The Kier molecular flexibility index (Phi) is 9.52. The molecule has 0 aromatic heterocycles. The number of amides is 2. The molecule has 1 aliphatic heterocycles. The van der Waals surface area contributed by atoms with E-state index in [1.165, 1.54) is 6.42 Å². The lowest BCUT2D eigenvalue weighted by molar-refractivity contribution is -0.183. The van der Waals surface area contributed by atoms with Crippen LogP contribution in [0, 0.1) is 29.1 Å². The summed E-state index contributed by atoms with van der Waals surface area (Å²) in [5.74, 6) is 1.07. The predicted molar refractivity (Wildman–Crippen MR) is 174 cm³/mol. The first-order chi connectivity index (χ1) is 21.3. The lowest BCUT2D eigenvalue weighted by atomic mass is 9.45. The van der Waals surface area contributed by atoms with Gasteiger partial charge in [-0.15, -0.1) is 0 Å². The quantitative estimate of drug-likeness (QED) is 0.318. The zero-order valence-electron chi connectivity index (χ0n) is 27.8. The van der Waals surface area contributed by atoms with Crippen LogP contribution in [0.1, 0.15) is 56.5 Å². The van der Waals surface area contributed by atoms with Crippen molar-refractivity contribution in [3.8, 4) is 16.9 Å². The lowest BCUT2D eigenvalue weighted by Gasteiger charge is -2.62. The molecule has 1 saturated heterocycles. The molecule has 45 heavy (non-hydrogen) atoms. The Morgan fingerprint density at radius 3 is 2.51 bits per heavy atom. The molecule has 2 aromatic rings. The van der Waals surface area contributed by atoms with Gasteiger partial charge >= 0.3 is 0 Å². The van der Waals surface area contributed by atoms with Crippen molar-refractivity contribution < 1.29 is 29.4 Å². The smallest absolute Gasteiger partial charge is 0.251 e. The third kappa shape index (κ3) is 6.05. The number of fused-ring (bicyclic) bond motifs is 2. The molecule has 1 unspecified atom stereocenters. The number of rotatable bonds is 10. The molecule has 0 radical (unpaired) electrons. The number of hydrogen-bond acceptors (Lipinski definition) is 8. The molecule has 2 aromatic carbocycles. The highest BCUT2D eigenvalue weighted by atomic mass is 16.7. The molecule has 10 nitrogen and oxygen atoms in total. The van der Waals surface area contributed by atoms with E-state index in [1.54, 1.807) is 26.1 Å². The Hall–Kier alpha value is -3.18. The van der Waals surface area contributed by atoms with E-state index < -0.39 is 24.2 Å². The maximum absolute atomic E-state index is 14.1. The van der Waals surface area contributed by atoms with Gasteiger partial charge in [-0.2, -0.15) is 5.06 Å². The first-order valence-electron chi connectivity index (χ1n) is 16.1. The molecule has 6 rings (SSSR count). The van der Waals surface area contributed by atoms with E-state index in [-0.39, 0.29) is 31.0 Å². The zero-order valence-corrected chi connectivity index (χ0v) is 27.8. The van der Waals surface area contributed by atoms with Crippen LogP contribution in [-0.4, -0.2) is 86.2 Å². The molecule has 246 valence electrons. The van der Waals surface area contributed by atoms with E-state index in [1.807, 2.05) is 55.4 Å². The molecule has 4 fully saturated rings. The fourth-order valence-electron chi connectivity index (χ4n) is 8.13. The van der Waals surface area contributed by atoms with Crippen LogP contribution in [0.5, 0.6) is 5.75 Å². The number of aliphatic hydroxyl groups is 2. The van der Waals surface area contributed by atoms with Gasteiger partial charge in [-0.3, -0.25) is 14.4 Å². The van der Waals surface area contributed by atoms with Gasteiger partial charge in [0.25, 0.3) is 5.91 Å². The normalized spacial score (nSPS) is 29.4. The van der Waals surface area contributed by atoms with Gasteiger partial charge in [0, 0.05) is 55.5 Å². The van der Waals surface area contributed by atoms with Gasteiger partial charge in [-0.05, 0) is 66.7 Å². The van der Waals surface area contributed by atoms with Gasteiger partial charge in [0.05, 0.1) is 26.4 Å². The molecule has 8 atom stereocenters. The highest BCUT2D eigenvalue weighted by molar-refractivity contribution is 5.97. The average molecular weight is 623 g/mol. The largest absolute Gasteiger partial charge is 0.496 e.